The maximum atomic E-state index is 13.9. The van der Waals surface area contributed by atoms with Crippen LogP contribution in [-0.2, 0) is 14.9 Å². The van der Waals surface area contributed by atoms with Crippen LogP contribution >= 0.6 is 34.5 Å². The second-order valence-electron chi connectivity index (χ2n) is 8.40. The summed E-state index contributed by atoms with van der Waals surface area (Å²) in [4.78, 5) is 20.7. The lowest BCUT2D eigenvalue weighted by Crippen LogP contribution is -2.52. The molecule has 2 aromatic carbocycles. The van der Waals surface area contributed by atoms with Crippen LogP contribution in [0, 0.1) is 0 Å². The number of aromatic nitrogens is 1. The number of piperidine rings is 1. The Bertz CT molecular complexity index is 1070. The highest BCUT2D eigenvalue weighted by atomic mass is 35.5. The number of halogens is 2. The Balaban J connectivity index is 1.36. The number of nitrogens with zero attached hydrogens (tertiary/aromatic N) is 2. The fraction of sp³-hybridized carbons (Fsp3) is 0.417. The van der Waals surface area contributed by atoms with Crippen molar-refractivity contribution in [1.82, 2.24) is 9.88 Å². The van der Waals surface area contributed by atoms with Crippen LogP contribution in [0.15, 0.2) is 42.5 Å². The number of carbonyl (C=O) groups excluding carboxylic acids is 1. The Morgan fingerprint density at radius 3 is 2.55 bits per heavy atom. The lowest BCUT2D eigenvalue weighted by atomic mass is 9.72. The third-order valence-electron chi connectivity index (χ3n) is 6.64. The second-order valence-corrected chi connectivity index (χ2v) is 10.3. The molecule has 0 bridgehead atoms. The zero-order valence-electron chi connectivity index (χ0n) is 17.2. The van der Waals surface area contributed by atoms with Crippen molar-refractivity contribution in [3.63, 3.8) is 0 Å². The van der Waals surface area contributed by atoms with Gasteiger partial charge in [0, 0.05) is 42.3 Å². The molecule has 162 valence electrons. The minimum absolute atomic E-state index is 0.169. The molecule has 0 aliphatic carbocycles. The highest BCUT2D eigenvalue weighted by Crippen LogP contribution is 2.42. The van der Waals surface area contributed by atoms with Gasteiger partial charge < -0.3 is 9.64 Å². The first-order valence-corrected chi connectivity index (χ1v) is 12.3. The predicted molar refractivity (Wildman–Crippen MR) is 126 cm³/mol. The van der Waals surface area contributed by atoms with Crippen LogP contribution in [0.3, 0.4) is 0 Å². The molecule has 0 atom stereocenters. The monoisotopic (exact) mass is 474 g/mol. The van der Waals surface area contributed by atoms with E-state index < -0.39 is 5.41 Å². The molecule has 2 aliphatic rings. The zero-order valence-corrected chi connectivity index (χ0v) is 19.5. The SMILES string of the molecule is O=C(N1CCC(c2nc3ccccc3s2)CC1)C1(c2ccc(Cl)cc2Cl)CCOCC1. The van der Waals surface area contributed by atoms with Crippen molar-refractivity contribution in [2.24, 2.45) is 0 Å². The summed E-state index contributed by atoms with van der Waals surface area (Å²) in [6.45, 7) is 2.61. The summed E-state index contributed by atoms with van der Waals surface area (Å²) in [5.74, 6) is 0.578. The summed E-state index contributed by atoms with van der Waals surface area (Å²) in [6.07, 6.45) is 3.16. The Morgan fingerprint density at radius 1 is 1.10 bits per heavy atom. The third-order valence-corrected chi connectivity index (χ3v) is 8.39. The second kappa shape index (κ2) is 8.70. The van der Waals surface area contributed by atoms with Gasteiger partial charge in [-0.2, -0.15) is 0 Å². The standard InChI is InChI=1S/C24H24Cl2N2O2S/c25-17-5-6-18(19(26)15-17)24(9-13-30-14-10-24)23(29)28-11-7-16(8-12-28)22-27-20-3-1-2-4-21(20)31-22/h1-6,15-16H,7-14H2. The molecule has 2 fully saturated rings. The number of rotatable bonds is 3. The summed E-state index contributed by atoms with van der Waals surface area (Å²) < 4.78 is 6.84. The van der Waals surface area contributed by atoms with Crippen LogP contribution in [0.2, 0.25) is 10.0 Å². The average molecular weight is 475 g/mol. The van der Waals surface area contributed by atoms with Gasteiger partial charge in [-0.25, -0.2) is 4.98 Å². The van der Waals surface area contributed by atoms with Crippen molar-refractivity contribution in [3.8, 4) is 0 Å². The van der Waals surface area contributed by atoms with E-state index in [4.69, 9.17) is 32.9 Å². The van der Waals surface area contributed by atoms with E-state index in [1.54, 1.807) is 17.4 Å². The number of amides is 1. The first-order chi connectivity index (χ1) is 15.1. The molecule has 2 saturated heterocycles. The molecule has 7 heteroatoms. The summed E-state index contributed by atoms with van der Waals surface area (Å²) >= 11 is 14.5. The van der Waals surface area contributed by atoms with E-state index in [1.165, 1.54) is 9.71 Å². The first-order valence-electron chi connectivity index (χ1n) is 10.7. The van der Waals surface area contributed by atoms with Crippen molar-refractivity contribution >= 4 is 50.7 Å². The third kappa shape index (κ3) is 3.97. The largest absolute Gasteiger partial charge is 0.381 e. The summed E-state index contributed by atoms with van der Waals surface area (Å²) in [6, 6.07) is 13.8. The maximum absolute atomic E-state index is 13.9. The van der Waals surface area contributed by atoms with Crippen LogP contribution in [0.1, 0.15) is 42.2 Å². The Morgan fingerprint density at radius 2 is 1.84 bits per heavy atom. The molecule has 0 N–H and O–H groups in total. The van der Waals surface area contributed by atoms with E-state index in [0.717, 1.165) is 37.0 Å². The van der Waals surface area contributed by atoms with Crippen molar-refractivity contribution in [2.75, 3.05) is 26.3 Å². The number of thiazole rings is 1. The number of likely N-dealkylation sites (tertiary alicyclic amines) is 1. The number of carbonyl (C=O) groups is 1. The van der Waals surface area contributed by atoms with Gasteiger partial charge in [0.05, 0.1) is 20.6 Å². The van der Waals surface area contributed by atoms with Gasteiger partial charge in [0.2, 0.25) is 5.91 Å². The zero-order chi connectivity index (χ0) is 21.4. The van der Waals surface area contributed by atoms with Crippen molar-refractivity contribution in [1.29, 1.82) is 0 Å². The summed E-state index contributed by atoms with van der Waals surface area (Å²) in [7, 11) is 0. The number of benzene rings is 2. The van der Waals surface area contributed by atoms with Crippen molar-refractivity contribution < 1.29 is 9.53 Å². The van der Waals surface area contributed by atoms with Crippen LogP contribution in [-0.4, -0.2) is 42.1 Å². The number of para-hydroxylation sites is 1. The van der Waals surface area contributed by atoms with Gasteiger partial charge in [0.15, 0.2) is 0 Å². The minimum Gasteiger partial charge on any atom is -0.381 e. The Labute approximate surface area is 196 Å². The molecule has 0 unspecified atom stereocenters. The first kappa shape index (κ1) is 21.2. The number of hydrogen-bond acceptors (Lipinski definition) is 4. The fourth-order valence-corrected chi connectivity index (χ4v) is 6.62. The van der Waals surface area contributed by atoms with Gasteiger partial charge >= 0.3 is 0 Å². The molecule has 0 saturated carbocycles. The van der Waals surface area contributed by atoms with E-state index in [2.05, 4.69) is 18.2 Å². The fourth-order valence-electron chi connectivity index (χ4n) is 4.89. The molecular formula is C24H24Cl2N2O2S. The van der Waals surface area contributed by atoms with Gasteiger partial charge in [-0.15, -0.1) is 11.3 Å². The van der Waals surface area contributed by atoms with E-state index >= 15 is 0 Å². The minimum atomic E-state index is -0.636. The van der Waals surface area contributed by atoms with E-state index in [-0.39, 0.29) is 5.91 Å². The Kier molecular flexibility index (Phi) is 5.95. The average Bonchev–Trinajstić information content (AvgIpc) is 3.23. The molecule has 31 heavy (non-hydrogen) atoms. The lowest BCUT2D eigenvalue weighted by molar-refractivity contribution is -0.142. The molecule has 1 amide bonds. The molecule has 5 rings (SSSR count). The lowest BCUT2D eigenvalue weighted by Gasteiger charge is -2.42. The normalized spacial score (nSPS) is 19.6. The number of ether oxygens (including phenoxy) is 1. The van der Waals surface area contributed by atoms with Gasteiger partial charge in [-0.1, -0.05) is 41.4 Å². The highest BCUT2D eigenvalue weighted by Gasteiger charge is 2.46. The van der Waals surface area contributed by atoms with Crippen molar-refractivity contribution in [2.45, 2.75) is 37.0 Å². The molecule has 0 radical (unpaired) electrons. The molecule has 0 spiro atoms. The molecule has 2 aliphatic heterocycles. The number of hydrogen-bond donors (Lipinski definition) is 0. The highest BCUT2D eigenvalue weighted by molar-refractivity contribution is 7.18. The van der Waals surface area contributed by atoms with E-state index in [0.29, 0.717) is 42.0 Å². The molecule has 3 aromatic rings. The molecular weight excluding hydrogens is 451 g/mol. The predicted octanol–water partition coefficient (Wildman–Crippen LogP) is 6.06. The van der Waals surface area contributed by atoms with Crippen molar-refractivity contribution in [3.05, 3.63) is 63.1 Å². The molecule has 1 aromatic heterocycles. The van der Waals surface area contributed by atoms with E-state index in [9.17, 15) is 4.79 Å². The molecule has 3 heterocycles. The van der Waals surface area contributed by atoms with Crippen LogP contribution in [0.4, 0.5) is 0 Å². The Hall–Kier alpha value is -1.66. The van der Waals surface area contributed by atoms with Crippen LogP contribution < -0.4 is 0 Å². The van der Waals surface area contributed by atoms with Gasteiger partial charge in [-0.05, 0) is 55.5 Å². The summed E-state index contributed by atoms with van der Waals surface area (Å²) in [5.41, 5.74) is 1.31. The van der Waals surface area contributed by atoms with E-state index in [1.807, 2.05) is 23.1 Å². The van der Waals surface area contributed by atoms with Gasteiger partial charge in [0.1, 0.15) is 0 Å². The summed E-state index contributed by atoms with van der Waals surface area (Å²) in [5, 5.41) is 2.34. The van der Waals surface area contributed by atoms with Gasteiger partial charge in [-0.3, -0.25) is 4.79 Å². The van der Waals surface area contributed by atoms with Crippen LogP contribution in [0.5, 0.6) is 0 Å². The molecule has 4 nitrogen and oxygen atoms in total. The van der Waals surface area contributed by atoms with Crippen LogP contribution in [0.25, 0.3) is 10.2 Å². The van der Waals surface area contributed by atoms with Gasteiger partial charge in [0.25, 0.3) is 0 Å². The number of fused-ring (bicyclic) bond motifs is 1. The maximum Gasteiger partial charge on any atom is 0.233 e. The topological polar surface area (TPSA) is 42.4 Å². The smallest absolute Gasteiger partial charge is 0.233 e. The quantitative estimate of drug-likeness (QED) is 0.463.